The van der Waals surface area contributed by atoms with Crippen LogP contribution in [0.3, 0.4) is 0 Å². The fraction of sp³-hybridized carbons (Fsp3) is 0.103. The van der Waals surface area contributed by atoms with Gasteiger partial charge in [-0.1, -0.05) is 60.1 Å². The topological polar surface area (TPSA) is 78.8 Å². The first-order valence-electron chi connectivity index (χ1n) is 11.7. The van der Waals surface area contributed by atoms with Crippen LogP contribution in [-0.2, 0) is 16.6 Å². The molecule has 0 saturated carbocycles. The lowest BCUT2D eigenvalue weighted by Gasteiger charge is -2.26. The van der Waals surface area contributed by atoms with Gasteiger partial charge in [-0.2, -0.15) is 5.10 Å². The Morgan fingerprint density at radius 2 is 1.63 bits per heavy atom. The molecular weight excluding hydrogens is 633 g/mol. The van der Waals surface area contributed by atoms with E-state index in [4.69, 9.17) is 11.6 Å². The highest BCUT2D eigenvalue weighted by molar-refractivity contribution is 14.1. The Hall–Kier alpha value is -3.21. The second-order valence-electron chi connectivity index (χ2n) is 8.60. The van der Waals surface area contributed by atoms with Crippen LogP contribution in [0, 0.1) is 10.5 Å². The predicted molar refractivity (Wildman–Crippen MR) is 161 cm³/mol. The number of carbonyl (C=O) groups excluding carboxylic acids is 1. The Morgan fingerprint density at radius 3 is 2.32 bits per heavy atom. The first-order chi connectivity index (χ1) is 18.1. The molecule has 0 fully saturated rings. The maximum absolute atomic E-state index is 13.7. The molecule has 0 aliphatic heterocycles. The second-order valence-corrected chi connectivity index (χ2v) is 12.1. The molecule has 6 nitrogen and oxygen atoms in total. The van der Waals surface area contributed by atoms with Crippen molar-refractivity contribution in [1.82, 2.24) is 5.43 Å². The zero-order valence-corrected chi connectivity index (χ0v) is 24.5. The van der Waals surface area contributed by atoms with E-state index >= 15 is 0 Å². The van der Waals surface area contributed by atoms with Gasteiger partial charge in [0.05, 0.1) is 22.8 Å². The van der Waals surface area contributed by atoms with Crippen LogP contribution in [0.5, 0.6) is 0 Å². The summed E-state index contributed by atoms with van der Waals surface area (Å²) in [5.41, 5.74) is 6.57. The SMILES string of the molecule is C/C(=N/NC(=O)c1ccc(CN(c2cc(Cl)ccc2C)S(=O)(=O)c2ccccc2)cc1)c1cccc(I)c1. The van der Waals surface area contributed by atoms with E-state index in [-0.39, 0.29) is 17.3 Å². The molecule has 4 rings (SSSR count). The first-order valence-corrected chi connectivity index (χ1v) is 14.6. The van der Waals surface area contributed by atoms with E-state index in [9.17, 15) is 13.2 Å². The van der Waals surface area contributed by atoms with Gasteiger partial charge in [-0.15, -0.1) is 0 Å². The molecule has 0 bridgehead atoms. The Balaban J connectivity index is 1.57. The number of anilines is 1. The van der Waals surface area contributed by atoms with Gasteiger partial charge in [-0.3, -0.25) is 9.10 Å². The molecule has 38 heavy (non-hydrogen) atoms. The molecule has 0 saturated heterocycles. The molecule has 0 aliphatic rings. The third-order valence-corrected chi connectivity index (χ3v) is 8.56. The molecule has 1 N–H and O–H groups in total. The number of hydrogen-bond acceptors (Lipinski definition) is 4. The van der Waals surface area contributed by atoms with Gasteiger partial charge in [0, 0.05) is 14.2 Å². The fourth-order valence-electron chi connectivity index (χ4n) is 3.78. The minimum atomic E-state index is -3.89. The van der Waals surface area contributed by atoms with E-state index < -0.39 is 10.0 Å². The minimum absolute atomic E-state index is 0.0597. The highest BCUT2D eigenvalue weighted by atomic mass is 127. The molecule has 0 aliphatic carbocycles. The maximum Gasteiger partial charge on any atom is 0.271 e. The number of hydrogen-bond donors (Lipinski definition) is 1. The third-order valence-electron chi connectivity index (χ3n) is 5.88. The van der Waals surface area contributed by atoms with E-state index in [0.717, 1.165) is 14.7 Å². The summed E-state index contributed by atoms with van der Waals surface area (Å²) < 4.78 is 29.8. The highest BCUT2D eigenvalue weighted by Crippen LogP contribution is 2.31. The van der Waals surface area contributed by atoms with Gasteiger partial charge in [0.2, 0.25) is 0 Å². The monoisotopic (exact) mass is 657 g/mol. The summed E-state index contributed by atoms with van der Waals surface area (Å²) in [4.78, 5) is 12.9. The summed E-state index contributed by atoms with van der Waals surface area (Å²) >= 11 is 8.46. The molecule has 0 atom stereocenters. The molecule has 4 aromatic carbocycles. The molecule has 194 valence electrons. The van der Waals surface area contributed by atoms with Crippen molar-refractivity contribution >= 4 is 61.5 Å². The summed E-state index contributed by atoms with van der Waals surface area (Å²) in [6.45, 7) is 3.73. The van der Waals surface area contributed by atoms with Crippen LogP contribution in [0.4, 0.5) is 5.69 Å². The lowest BCUT2D eigenvalue weighted by atomic mass is 10.1. The van der Waals surface area contributed by atoms with Crippen LogP contribution >= 0.6 is 34.2 Å². The van der Waals surface area contributed by atoms with Gasteiger partial charge in [0.15, 0.2) is 0 Å². The van der Waals surface area contributed by atoms with E-state index in [1.54, 1.807) is 72.8 Å². The van der Waals surface area contributed by atoms with Crippen molar-refractivity contribution in [1.29, 1.82) is 0 Å². The number of amides is 1. The van der Waals surface area contributed by atoms with Crippen molar-refractivity contribution in [3.63, 3.8) is 0 Å². The molecule has 0 heterocycles. The maximum atomic E-state index is 13.7. The minimum Gasteiger partial charge on any atom is -0.267 e. The number of hydrazone groups is 1. The standard InChI is InChI=1S/C29H25ClIN3O3S/c1-20-11-16-25(30)18-28(20)34(38(36,37)27-9-4-3-5-10-27)19-22-12-14-23(15-13-22)29(35)33-32-21(2)24-7-6-8-26(31)17-24/h3-18H,19H2,1-2H3,(H,33,35)/b32-21-. The molecule has 0 spiro atoms. The van der Waals surface area contributed by atoms with Crippen LogP contribution in [0.25, 0.3) is 0 Å². The van der Waals surface area contributed by atoms with Crippen LogP contribution in [0.1, 0.15) is 34.0 Å². The molecular formula is C29H25ClIN3O3S. The van der Waals surface area contributed by atoms with Crippen LogP contribution < -0.4 is 9.73 Å². The second kappa shape index (κ2) is 12.1. The lowest BCUT2D eigenvalue weighted by Crippen LogP contribution is -2.31. The normalized spacial score (nSPS) is 11.7. The van der Waals surface area contributed by atoms with Gasteiger partial charge in [0.25, 0.3) is 15.9 Å². The molecule has 9 heteroatoms. The smallest absolute Gasteiger partial charge is 0.267 e. The average Bonchev–Trinajstić information content (AvgIpc) is 2.92. The van der Waals surface area contributed by atoms with Crippen molar-refractivity contribution < 1.29 is 13.2 Å². The molecule has 0 unspecified atom stereocenters. The Morgan fingerprint density at radius 1 is 0.921 bits per heavy atom. The lowest BCUT2D eigenvalue weighted by molar-refractivity contribution is 0.0955. The van der Waals surface area contributed by atoms with Crippen molar-refractivity contribution in [2.24, 2.45) is 5.10 Å². The Labute approximate surface area is 241 Å². The van der Waals surface area contributed by atoms with E-state index in [1.807, 2.05) is 38.1 Å². The summed E-state index contributed by atoms with van der Waals surface area (Å²) in [5.74, 6) is -0.360. The van der Waals surface area contributed by atoms with E-state index in [0.29, 0.717) is 27.5 Å². The molecule has 0 radical (unpaired) electrons. The van der Waals surface area contributed by atoms with Crippen LogP contribution in [-0.4, -0.2) is 20.0 Å². The van der Waals surface area contributed by atoms with E-state index in [1.165, 1.54) is 4.31 Å². The number of benzene rings is 4. The van der Waals surface area contributed by atoms with Crippen molar-refractivity contribution in [2.45, 2.75) is 25.3 Å². The van der Waals surface area contributed by atoms with Gasteiger partial charge < -0.3 is 0 Å². The van der Waals surface area contributed by atoms with Crippen LogP contribution in [0.2, 0.25) is 5.02 Å². The number of nitrogens with zero attached hydrogens (tertiary/aromatic N) is 2. The molecule has 1 amide bonds. The summed E-state index contributed by atoms with van der Waals surface area (Å²) in [6.07, 6.45) is 0. The van der Waals surface area contributed by atoms with Gasteiger partial charge >= 0.3 is 0 Å². The number of rotatable bonds is 8. The predicted octanol–water partition coefficient (Wildman–Crippen LogP) is 6.80. The fourth-order valence-corrected chi connectivity index (χ4v) is 6.01. The van der Waals surface area contributed by atoms with Crippen molar-refractivity contribution in [2.75, 3.05) is 4.31 Å². The number of halogens is 2. The summed E-state index contributed by atoms with van der Waals surface area (Å²) in [5, 5.41) is 4.66. The molecule has 4 aromatic rings. The van der Waals surface area contributed by atoms with Gasteiger partial charge in [-0.25, -0.2) is 13.8 Å². The average molecular weight is 658 g/mol. The number of nitrogens with one attached hydrogen (secondary N) is 1. The van der Waals surface area contributed by atoms with E-state index in [2.05, 4.69) is 33.1 Å². The number of aryl methyl sites for hydroxylation is 1. The van der Waals surface area contributed by atoms with Crippen molar-refractivity contribution in [3.8, 4) is 0 Å². The van der Waals surface area contributed by atoms with Gasteiger partial charge in [-0.05, 0) is 102 Å². The van der Waals surface area contributed by atoms with Crippen LogP contribution in [0.15, 0.2) is 107 Å². The highest BCUT2D eigenvalue weighted by Gasteiger charge is 2.26. The number of sulfonamides is 1. The molecule has 0 aromatic heterocycles. The largest absolute Gasteiger partial charge is 0.271 e. The summed E-state index contributed by atoms with van der Waals surface area (Å²) in [7, 11) is -3.89. The zero-order valence-electron chi connectivity index (χ0n) is 20.7. The number of carbonyl (C=O) groups is 1. The quantitative estimate of drug-likeness (QED) is 0.129. The summed E-state index contributed by atoms with van der Waals surface area (Å²) in [6, 6.07) is 28.0. The van der Waals surface area contributed by atoms with Crippen molar-refractivity contribution in [3.05, 3.63) is 128 Å². The van der Waals surface area contributed by atoms with Gasteiger partial charge in [0.1, 0.15) is 0 Å². The Bertz CT molecular complexity index is 1590. The zero-order chi connectivity index (χ0) is 27.3. The Kier molecular flexibility index (Phi) is 8.86. The first kappa shape index (κ1) is 27.8. The third kappa shape index (κ3) is 6.61.